The van der Waals surface area contributed by atoms with Gasteiger partial charge in [0.1, 0.15) is 24.3 Å². The molecule has 2 aliphatic rings. The van der Waals surface area contributed by atoms with Gasteiger partial charge in [-0.25, -0.2) is 19.9 Å². The van der Waals surface area contributed by atoms with Crippen LogP contribution in [0.25, 0.3) is 44.1 Å². The summed E-state index contributed by atoms with van der Waals surface area (Å²) in [5.41, 5.74) is 5.74. The highest BCUT2D eigenvalue weighted by Crippen LogP contribution is 2.42. The maximum atomic E-state index is 6.38. The molecular weight excluding hydrogens is 661 g/mol. The molecule has 7 aromatic rings. The first kappa shape index (κ1) is 31.1. The molecule has 0 spiro atoms. The molecule has 10 nitrogen and oxygen atoms in total. The van der Waals surface area contributed by atoms with Crippen LogP contribution in [0.15, 0.2) is 103 Å². The summed E-state index contributed by atoms with van der Waals surface area (Å²) in [7, 11) is 0. The summed E-state index contributed by atoms with van der Waals surface area (Å²) in [5, 5.41) is 11.1. The van der Waals surface area contributed by atoms with Crippen LogP contribution in [0.1, 0.15) is 25.1 Å². The Morgan fingerprint density at radius 1 is 0.667 bits per heavy atom. The van der Waals surface area contributed by atoms with Crippen molar-refractivity contribution in [1.82, 2.24) is 19.9 Å². The minimum absolute atomic E-state index is 0.188. The first-order valence-corrected chi connectivity index (χ1v) is 17.7. The van der Waals surface area contributed by atoms with Crippen molar-refractivity contribution in [3.63, 3.8) is 0 Å². The summed E-state index contributed by atoms with van der Waals surface area (Å²) < 4.78 is 23.8. The van der Waals surface area contributed by atoms with Crippen molar-refractivity contribution < 1.29 is 18.9 Å². The van der Waals surface area contributed by atoms with Crippen molar-refractivity contribution in [3.05, 3.63) is 108 Å². The summed E-state index contributed by atoms with van der Waals surface area (Å²) in [4.78, 5) is 19.4. The Hall–Kier alpha value is -5.94. The highest BCUT2D eigenvalue weighted by atomic mass is 32.1. The van der Waals surface area contributed by atoms with Crippen LogP contribution in [0.3, 0.4) is 0 Å². The number of ether oxygens (including phenoxy) is 4. The molecule has 4 aromatic carbocycles. The lowest BCUT2D eigenvalue weighted by atomic mass is 9.89. The second-order valence-electron chi connectivity index (χ2n) is 13.5. The molecule has 0 saturated heterocycles. The third-order valence-corrected chi connectivity index (χ3v) is 10.1. The monoisotopic (exact) mass is 694 g/mol. The van der Waals surface area contributed by atoms with Gasteiger partial charge in [-0.2, -0.15) is 0 Å². The number of thiophene rings is 1. The van der Waals surface area contributed by atoms with Crippen LogP contribution in [-0.2, 0) is 6.54 Å². The van der Waals surface area contributed by atoms with Crippen molar-refractivity contribution >= 4 is 44.8 Å². The summed E-state index contributed by atoms with van der Waals surface area (Å²) in [6.07, 6.45) is 3.46. The van der Waals surface area contributed by atoms with Gasteiger partial charge in [0, 0.05) is 28.6 Å². The van der Waals surface area contributed by atoms with E-state index >= 15 is 0 Å². The third-order valence-electron chi connectivity index (χ3n) is 9.23. The normalized spacial score (nSPS) is 14.7. The predicted octanol–water partition coefficient (Wildman–Crippen LogP) is 8.94. The zero-order chi connectivity index (χ0) is 34.4. The van der Waals surface area contributed by atoms with E-state index in [1.165, 1.54) is 4.88 Å². The van der Waals surface area contributed by atoms with E-state index in [9.17, 15) is 0 Å². The Morgan fingerprint density at radius 3 is 1.98 bits per heavy atom. The zero-order valence-corrected chi connectivity index (χ0v) is 28.9. The molecule has 2 aliphatic heterocycles. The fraction of sp³-hybridized carbons (Fsp3) is 0.200. The summed E-state index contributed by atoms with van der Waals surface area (Å²) >= 11 is 1.72. The van der Waals surface area contributed by atoms with E-state index in [0.29, 0.717) is 19.5 Å². The van der Waals surface area contributed by atoms with Crippen molar-refractivity contribution in [2.24, 2.45) is 5.41 Å². The molecule has 0 saturated carbocycles. The van der Waals surface area contributed by atoms with Gasteiger partial charge in [-0.1, -0.05) is 44.2 Å². The molecule has 0 radical (unpaired) electrons. The molecule has 2 N–H and O–H groups in total. The first-order valence-electron chi connectivity index (χ1n) is 16.8. The van der Waals surface area contributed by atoms with Gasteiger partial charge < -0.3 is 29.6 Å². The lowest BCUT2D eigenvalue weighted by Crippen LogP contribution is -2.32. The van der Waals surface area contributed by atoms with Gasteiger partial charge in [0.05, 0.1) is 17.6 Å². The molecule has 0 fully saturated rings. The maximum Gasteiger partial charge on any atom is 0.242 e. The number of anilines is 2. The summed E-state index contributed by atoms with van der Waals surface area (Å²) in [5.74, 6) is 4.59. The van der Waals surface area contributed by atoms with Crippen LogP contribution in [0.2, 0.25) is 0 Å². The zero-order valence-electron chi connectivity index (χ0n) is 28.1. The lowest BCUT2D eigenvalue weighted by molar-refractivity contribution is 0.0130. The van der Waals surface area contributed by atoms with Crippen LogP contribution in [0, 0.1) is 5.41 Å². The van der Waals surface area contributed by atoms with E-state index < -0.39 is 6.29 Å². The molecule has 9 rings (SSSR count). The molecule has 0 bridgehead atoms. The molecule has 1 atom stereocenters. The van der Waals surface area contributed by atoms with E-state index in [1.807, 2.05) is 36.4 Å². The van der Waals surface area contributed by atoms with E-state index in [4.69, 9.17) is 18.9 Å². The van der Waals surface area contributed by atoms with Gasteiger partial charge in [-0.05, 0) is 87.6 Å². The lowest BCUT2D eigenvalue weighted by Gasteiger charge is -2.27. The minimum atomic E-state index is -0.412. The van der Waals surface area contributed by atoms with Gasteiger partial charge in [-0.15, -0.1) is 11.3 Å². The largest absolute Gasteiger partial charge is 0.454 e. The fourth-order valence-electron chi connectivity index (χ4n) is 6.53. The highest BCUT2D eigenvalue weighted by molar-refractivity contribution is 7.09. The van der Waals surface area contributed by atoms with Crippen LogP contribution in [0.5, 0.6) is 23.0 Å². The molecule has 254 valence electrons. The Labute approximate surface area is 298 Å². The molecule has 1 unspecified atom stereocenters. The first-order chi connectivity index (χ1) is 24.9. The Kier molecular flexibility index (Phi) is 7.76. The number of hydrogen-bond donors (Lipinski definition) is 2. The number of aromatic nitrogens is 4. The molecular formula is C40H34N6O4S. The maximum absolute atomic E-state index is 6.38. The van der Waals surface area contributed by atoms with E-state index in [-0.39, 0.29) is 12.2 Å². The Bertz CT molecular complexity index is 2400. The molecule has 11 heteroatoms. The van der Waals surface area contributed by atoms with E-state index in [1.54, 1.807) is 24.0 Å². The Balaban J connectivity index is 0.879. The van der Waals surface area contributed by atoms with Crippen LogP contribution >= 0.6 is 11.3 Å². The average molecular weight is 695 g/mol. The third kappa shape index (κ3) is 6.32. The molecule has 51 heavy (non-hydrogen) atoms. The van der Waals surface area contributed by atoms with Gasteiger partial charge in [0.2, 0.25) is 13.1 Å². The molecule has 0 amide bonds. The topological polar surface area (TPSA) is 113 Å². The minimum Gasteiger partial charge on any atom is -0.454 e. The van der Waals surface area contributed by atoms with E-state index in [2.05, 4.69) is 98.3 Å². The number of nitrogens with zero attached hydrogens (tertiary/aromatic N) is 4. The van der Waals surface area contributed by atoms with Crippen molar-refractivity contribution in [1.29, 1.82) is 0 Å². The van der Waals surface area contributed by atoms with E-state index in [0.717, 1.165) is 78.7 Å². The van der Waals surface area contributed by atoms with Crippen LogP contribution < -0.4 is 29.6 Å². The number of nitrogens with one attached hydrogen (secondary N) is 2. The van der Waals surface area contributed by atoms with Crippen LogP contribution in [0.4, 0.5) is 11.6 Å². The second kappa shape index (κ2) is 12.7. The van der Waals surface area contributed by atoms with Gasteiger partial charge in [-0.3, -0.25) is 0 Å². The second-order valence-corrected chi connectivity index (χ2v) is 14.5. The van der Waals surface area contributed by atoms with Crippen molar-refractivity contribution in [2.45, 2.75) is 33.1 Å². The number of rotatable bonds is 10. The number of benzene rings is 4. The fourth-order valence-corrected chi connectivity index (χ4v) is 7.17. The van der Waals surface area contributed by atoms with Crippen molar-refractivity contribution in [3.8, 4) is 45.3 Å². The highest BCUT2D eigenvalue weighted by Gasteiger charge is 2.32. The SMILES string of the molecule is CC(C)(CNc1ncnc2ccc(-c3ccc4c(c3)OCO4)cc12)CC1Oc2ccc(-c3ccc4ncnc(NCc5cccs5)c4c3)cc2O1. The predicted molar refractivity (Wildman–Crippen MR) is 200 cm³/mol. The van der Waals surface area contributed by atoms with Crippen molar-refractivity contribution in [2.75, 3.05) is 24.0 Å². The average Bonchev–Trinajstić information content (AvgIpc) is 3.93. The number of hydrogen-bond acceptors (Lipinski definition) is 11. The smallest absolute Gasteiger partial charge is 0.242 e. The molecule has 5 heterocycles. The van der Waals surface area contributed by atoms with Crippen LogP contribution in [-0.4, -0.2) is 39.6 Å². The van der Waals surface area contributed by atoms with Gasteiger partial charge >= 0.3 is 0 Å². The quantitative estimate of drug-likeness (QED) is 0.144. The summed E-state index contributed by atoms with van der Waals surface area (Å²) in [6.45, 7) is 6.01. The standard InChI is InChI=1S/C40H34N6O4S/c1-40(2,20-42-39-30-15-24(5-10-32(30)44-22-46-39)26-7-11-33-35(16-26)48-23-47-33)18-37-49-34-12-8-27(17-36(34)50-37)25-6-9-31-29(14-25)38(45-21-43-31)41-19-28-4-3-13-51-28/h3-17,21-22,37H,18-20,23H2,1-2H3,(H,41,43,45)(H,42,44,46). The summed E-state index contributed by atoms with van der Waals surface area (Å²) in [6, 6.07) is 28.7. The molecule has 3 aromatic heterocycles. The van der Waals surface area contributed by atoms with Gasteiger partial charge in [0.15, 0.2) is 23.0 Å². The number of fused-ring (bicyclic) bond motifs is 4. The Morgan fingerprint density at radius 2 is 1.27 bits per heavy atom. The molecule has 0 aliphatic carbocycles. The van der Waals surface area contributed by atoms with Gasteiger partial charge in [0.25, 0.3) is 0 Å².